The zero-order valence-electron chi connectivity index (χ0n) is 5.37. The van der Waals surface area contributed by atoms with E-state index < -0.39 is 0 Å². The Balaban J connectivity index is 2.90. The minimum Gasteiger partial charge on any atom is -0.408 e. The standard InChI is InChI=1S/C7H4ClNS2/c8-4-2-1-3-5-6(4)11-7(10)9-5/h1-3H,(H,9,10)/p-1. The second kappa shape index (κ2) is 2.59. The molecule has 1 nitrogen and oxygen atoms in total. The Labute approximate surface area is 78.4 Å². The molecule has 0 bridgehead atoms. The highest BCUT2D eigenvalue weighted by Crippen LogP contribution is 2.28. The molecule has 0 fully saturated rings. The first-order chi connectivity index (χ1) is 5.27. The third-order valence-corrected chi connectivity index (χ3v) is 3.01. The van der Waals surface area contributed by atoms with Gasteiger partial charge in [-0.15, -0.1) is 0 Å². The van der Waals surface area contributed by atoms with Gasteiger partial charge in [0.25, 0.3) is 0 Å². The molecule has 4 heteroatoms. The second-order valence-corrected chi connectivity index (χ2v) is 4.12. The topological polar surface area (TPSA) is 12.9 Å². The zero-order valence-corrected chi connectivity index (χ0v) is 7.76. The lowest BCUT2D eigenvalue weighted by atomic mass is 10.3. The van der Waals surface area contributed by atoms with Crippen molar-refractivity contribution in [2.24, 2.45) is 0 Å². The highest BCUT2D eigenvalue weighted by Gasteiger charge is 1.95. The van der Waals surface area contributed by atoms with Crippen molar-refractivity contribution in [1.29, 1.82) is 0 Å². The molecule has 0 N–H and O–H groups in total. The zero-order chi connectivity index (χ0) is 7.84. The number of hydrogen-bond acceptors (Lipinski definition) is 3. The normalized spacial score (nSPS) is 10.6. The summed E-state index contributed by atoms with van der Waals surface area (Å²) in [5.41, 5.74) is 0.896. The van der Waals surface area contributed by atoms with Crippen LogP contribution in [0.3, 0.4) is 0 Å². The molecule has 0 amide bonds. The molecule has 0 radical (unpaired) electrons. The molecular weight excluding hydrogens is 198 g/mol. The Morgan fingerprint density at radius 1 is 1.45 bits per heavy atom. The van der Waals surface area contributed by atoms with Crippen molar-refractivity contribution in [3.8, 4) is 0 Å². The van der Waals surface area contributed by atoms with Gasteiger partial charge in [-0.3, -0.25) is 4.98 Å². The smallest absolute Gasteiger partial charge is 0.0615 e. The summed E-state index contributed by atoms with van der Waals surface area (Å²) < 4.78 is 1.63. The van der Waals surface area contributed by atoms with Crippen LogP contribution in [0, 0.1) is 0 Å². The van der Waals surface area contributed by atoms with E-state index >= 15 is 0 Å². The van der Waals surface area contributed by atoms with Crippen LogP contribution in [0.25, 0.3) is 10.2 Å². The molecule has 56 valence electrons. The first-order valence-corrected chi connectivity index (χ1v) is 4.60. The van der Waals surface area contributed by atoms with Crippen molar-refractivity contribution in [2.45, 2.75) is 4.34 Å². The van der Waals surface area contributed by atoms with Gasteiger partial charge in [-0.2, -0.15) is 0 Å². The molecule has 0 saturated heterocycles. The first-order valence-electron chi connectivity index (χ1n) is 2.99. The van der Waals surface area contributed by atoms with Gasteiger partial charge in [0.2, 0.25) is 0 Å². The van der Waals surface area contributed by atoms with Crippen LogP contribution in [-0.4, -0.2) is 4.98 Å². The average Bonchev–Trinajstić information content (AvgIpc) is 2.31. The number of benzene rings is 1. The number of halogens is 1. The Kier molecular flexibility index (Phi) is 1.71. The van der Waals surface area contributed by atoms with Crippen LogP contribution in [0.4, 0.5) is 0 Å². The Morgan fingerprint density at radius 2 is 2.27 bits per heavy atom. The van der Waals surface area contributed by atoms with Crippen LogP contribution < -0.4 is 0 Å². The van der Waals surface area contributed by atoms with Crippen molar-refractivity contribution >= 4 is 45.8 Å². The summed E-state index contributed by atoms with van der Waals surface area (Å²) in [5.74, 6) is 0. The quantitative estimate of drug-likeness (QED) is 0.607. The SMILES string of the molecule is [S-]c1nc2cccc(Cl)c2s1. The Morgan fingerprint density at radius 3 is 3.00 bits per heavy atom. The Hall–Kier alpha value is -0.380. The fraction of sp³-hybridized carbons (Fsp3) is 0. The molecule has 0 spiro atoms. The van der Waals surface area contributed by atoms with Gasteiger partial charge < -0.3 is 24.0 Å². The van der Waals surface area contributed by atoms with Crippen molar-refractivity contribution < 1.29 is 0 Å². The lowest BCUT2D eigenvalue weighted by Crippen LogP contribution is -1.67. The molecule has 1 aromatic heterocycles. The summed E-state index contributed by atoms with van der Waals surface area (Å²) in [6.07, 6.45) is 0. The molecule has 1 aromatic carbocycles. The van der Waals surface area contributed by atoms with E-state index in [4.69, 9.17) is 24.2 Å². The maximum absolute atomic E-state index is 5.89. The average molecular weight is 201 g/mol. The van der Waals surface area contributed by atoms with E-state index in [1.54, 1.807) is 0 Å². The summed E-state index contributed by atoms with van der Waals surface area (Å²) in [6.45, 7) is 0. The maximum Gasteiger partial charge on any atom is 0.0615 e. The van der Waals surface area contributed by atoms with Gasteiger partial charge >= 0.3 is 0 Å². The third kappa shape index (κ3) is 1.20. The monoisotopic (exact) mass is 200 g/mol. The predicted molar refractivity (Wildman–Crippen MR) is 50.3 cm³/mol. The summed E-state index contributed by atoms with van der Waals surface area (Å²) in [7, 11) is 0. The van der Waals surface area contributed by atoms with Gasteiger partial charge in [-0.1, -0.05) is 17.7 Å². The highest BCUT2D eigenvalue weighted by molar-refractivity contribution is 7.63. The summed E-state index contributed by atoms with van der Waals surface area (Å²) in [6, 6.07) is 5.63. The number of rotatable bonds is 0. The van der Waals surface area contributed by atoms with Gasteiger partial charge in [0.05, 0.1) is 5.52 Å². The predicted octanol–water partition coefficient (Wildman–Crippen LogP) is 2.86. The van der Waals surface area contributed by atoms with Gasteiger partial charge in [-0.05, 0) is 21.2 Å². The Bertz CT molecular complexity index is 396. The largest absolute Gasteiger partial charge is 0.408 e. The summed E-state index contributed by atoms with van der Waals surface area (Å²) in [4.78, 5) is 4.12. The summed E-state index contributed by atoms with van der Waals surface area (Å²) in [5, 5.41) is 0.733. The van der Waals surface area contributed by atoms with Crippen LogP contribution >= 0.6 is 22.9 Å². The van der Waals surface area contributed by atoms with Crippen LogP contribution in [-0.2, 0) is 12.6 Å². The number of nitrogens with zero attached hydrogens (tertiary/aromatic N) is 1. The fourth-order valence-electron chi connectivity index (χ4n) is 0.895. The van der Waals surface area contributed by atoms with E-state index in [9.17, 15) is 0 Å². The molecule has 1 heterocycles. The lowest BCUT2D eigenvalue weighted by molar-refractivity contribution is 1.31. The van der Waals surface area contributed by atoms with E-state index in [0.29, 0.717) is 4.34 Å². The molecule has 0 saturated carbocycles. The second-order valence-electron chi connectivity index (χ2n) is 2.07. The first kappa shape index (κ1) is 7.28. The minimum atomic E-state index is 0.646. The lowest BCUT2D eigenvalue weighted by Gasteiger charge is -1.92. The maximum atomic E-state index is 5.89. The molecule has 0 aliphatic carbocycles. The molecule has 2 aromatic rings. The van der Waals surface area contributed by atoms with E-state index in [-0.39, 0.29) is 0 Å². The van der Waals surface area contributed by atoms with Crippen LogP contribution in [0.1, 0.15) is 0 Å². The molecule has 0 unspecified atom stereocenters. The van der Waals surface area contributed by atoms with E-state index in [1.165, 1.54) is 11.3 Å². The fourth-order valence-corrected chi connectivity index (χ4v) is 2.23. The van der Waals surface area contributed by atoms with Gasteiger partial charge in [0.1, 0.15) is 0 Å². The van der Waals surface area contributed by atoms with Gasteiger partial charge in [0, 0.05) is 5.02 Å². The highest BCUT2D eigenvalue weighted by atomic mass is 35.5. The number of hydrogen-bond donors (Lipinski definition) is 0. The van der Waals surface area contributed by atoms with Crippen LogP contribution in [0.5, 0.6) is 0 Å². The van der Waals surface area contributed by atoms with Crippen molar-refractivity contribution in [3.05, 3.63) is 23.2 Å². The van der Waals surface area contributed by atoms with Gasteiger partial charge in [-0.25, -0.2) is 0 Å². The third-order valence-electron chi connectivity index (χ3n) is 1.35. The van der Waals surface area contributed by atoms with Crippen LogP contribution in [0.15, 0.2) is 22.5 Å². The molecular formula is C7H3ClNS2-. The van der Waals surface area contributed by atoms with Crippen LogP contribution in [0.2, 0.25) is 5.02 Å². The minimum absolute atomic E-state index is 0.646. The number of aromatic nitrogens is 1. The van der Waals surface area contributed by atoms with Crippen molar-refractivity contribution in [2.75, 3.05) is 0 Å². The van der Waals surface area contributed by atoms with E-state index in [0.717, 1.165) is 15.2 Å². The molecule has 2 rings (SSSR count). The summed E-state index contributed by atoms with van der Waals surface area (Å²) >= 11 is 12.3. The van der Waals surface area contributed by atoms with Crippen molar-refractivity contribution in [1.82, 2.24) is 4.98 Å². The number of fused-ring (bicyclic) bond motifs is 1. The molecule has 0 aliphatic rings. The molecule has 0 atom stereocenters. The van der Waals surface area contributed by atoms with E-state index in [1.807, 2.05) is 18.2 Å². The number of thiazole rings is 1. The van der Waals surface area contributed by atoms with Gasteiger partial charge in [0.15, 0.2) is 0 Å². The molecule has 11 heavy (non-hydrogen) atoms. The molecule has 0 aliphatic heterocycles. The van der Waals surface area contributed by atoms with Crippen molar-refractivity contribution in [3.63, 3.8) is 0 Å². The van der Waals surface area contributed by atoms with E-state index in [2.05, 4.69) is 4.98 Å².